The Balaban J connectivity index is 1.53. The van der Waals surface area contributed by atoms with Gasteiger partial charge in [0.2, 0.25) is 11.9 Å². The molecule has 3 rings (SSSR count). The van der Waals surface area contributed by atoms with Crippen LogP contribution in [0.25, 0.3) is 0 Å². The van der Waals surface area contributed by atoms with Crippen LogP contribution in [0.2, 0.25) is 0 Å². The Morgan fingerprint density at radius 3 is 2.77 bits per heavy atom. The standard InChI is InChI=1S/C20H26N4O2/c1-15-4-3-5-17(12-15)6-7-19(25)21-14-18-13-16(2)22-20(23-18)24-8-10-26-11-9-24/h3-5,12-13H,6-11,14H2,1-2H3,(H,21,25). The molecule has 1 aromatic carbocycles. The summed E-state index contributed by atoms with van der Waals surface area (Å²) in [5.41, 5.74) is 4.15. The van der Waals surface area contributed by atoms with Crippen molar-refractivity contribution in [2.75, 3.05) is 31.2 Å². The maximum Gasteiger partial charge on any atom is 0.225 e. The number of rotatable bonds is 6. The lowest BCUT2D eigenvalue weighted by Crippen LogP contribution is -2.37. The molecular weight excluding hydrogens is 328 g/mol. The summed E-state index contributed by atoms with van der Waals surface area (Å²) in [6.45, 7) is 7.43. The molecule has 6 nitrogen and oxygen atoms in total. The highest BCUT2D eigenvalue weighted by Gasteiger charge is 2.15. The Kier molecular flexibility index (Phi) is 6.17. The summed E-state index contributed by atoms with van der Waals surface area (Å²) < 4.78 is 5.38. The smallest absolute Gasteiger partial charge is 0.225 e. The summed E-state index contributed by atoms with van der Waals surface area (Å²) in [4.78, 5) is 23.4. The number of amides is 1. The third-order valence-electron chi connectivity index (χ3n) is 4.38. The molecule has 2 aromatic rings. The SMILES string of the molecule is Cc1cccc(CCC(=O)NCc2cc(C)nc(N3CCOCC3)n2)c1. The summed E-state index contributed by atoms with van der Waals surface area (Å²) >= 11 is 0. The minimum atomic E-state index is 0.0377. The zero-order valence-electron chi connectivity index (χ0n) is 15.5. The van der Waals surface area contributed by atoms with Gasteiger partial charge >= 0.3 is 0 Å². The molecule has 2 heterocycles. The summed E-state index contributed by atoms with van der Waals surface area (Å²) in [7, 11) is 0. The van der Waals surface area contributed by atoms with Gasteiger partial charge in [0.1, 0.15) is 0 Å². The van der Waals surface area contributed by atoms with E-state index >= 15 is 0 Å². The number of carbonyl (C=O) groups is 1. The predicted octanol–water partition coefficient (Wildman–Crippen LogP) is 2.18. The van der Waals surface area contributed by atoms with Crippen LogP contribution >= 0.6 is 0 Å². The molecular formula is C20H26N4O2. The number of aryl methyl sites for hydroxylation is 3. The van der Waals surface area contributed by atoms with Gasteiger partial charge in [0.05, 0.1) is 25.5 Å². The summed E-state index contributed by atoms with van der Waals surface area (Å²) in [6, 6.07) is 10.2. The third-order valence-corrected chi connectivity index (χ3v) is 4.38. The molecule has 26 heavy (non-hydrogen) atoms. The van der Waals surface area contributed by atoms with Crippen LogP contribution in [0.5, 0.6) is 0 Å². The van der Waals surface area contributed by atoms with Crippen molar-refractivity contribution in [3.8, 4) is 0 Å². The molecule has 6 heteroatoms. The lowest BCUT2D eigenvalue weighted by atomic mass is 10.1. The molecule has 0 radical (unpaired) electrons. The largest absolute Gasteiger partial charge is 0.378 e. The first-order valence-electron chi connectivity index (χ1n) is 9.09. The monoisotopic (exact) mass is 354 g/mol. The predicted molar refractivity (Wildman–Crippen MR) is 101 cm³/mol. The third kappa shape index (κ3) is 5.26. The molecule has 0 bridgehead atoms. The number of hydrogen-bond acceptors (Lipinski definition) is 5. The highest BCUT2D eigenvalue weighted by molar-refractivity contribution is 5.76. The fourth-order valence-corrected chi connectivity index (χ4v) is 3.02. The Morgan fingerprint density at radius 2 is 2.00 bits per heavy atom. The molecule has 1 amide bonds. The first-order chi connectivity index (χ1) is 12.6. The van der Waals surface area contributed by atoms with Crippen molar-refractivity contribution in [3.05, 3.63) is 52.8 Å². The van der Waals surface area contributed by atoms with E-state index in [9.17, 15) is 4.79 Å². The van der Waals surface area contributed by atoms with Crippen LogP contribution in [-0.2, 0) is 22.5 Å². The second-order valence-electron chi connectivity index (χ2n) is 6.67. The normalized spacial score (nSPS) is 14.3. The Labute approximate surface area is 154 Å². The van der Waals surface area contributed by atoms with Crippen molar-refractivity contribution in [1.82, 2.24) is 15.3 Å². The van der Waals surface area contributed by atoms with Crippen LogP contribution in [0.3, 0.4) is 0 Å². The van der Waals surface area contributed by atoms with E-state index in [1.807, 2.05) is 19.1 Å². The lowest BCUT2D eigenvalue weighted by molar-refractivity contribution is -0.121. The van der Waals surface area contributed by atoms with Crippen LogP contribution in [0.15, 0.2) is 30.3 Å². The summed E-state index contributed by atoms with van der Waals surface area (Å²) in [5, 5.41) is 2.97. The number of nitrogens with zero attached hydrogens (tertiary/aromatic N) is 3. The van der Waals surface area contributed by atoms with Gasteiger partial charge < -0.3 is 15.0 Å². The number of nitrogens with one attached hydrogen (secondary N) is 1. The lowest BCUT2D eigenvalue weighted by Gasteiger charge is -2.27. The molecule has 0 aliphatic carbocycles. The minimum absolute atomic E-state index is 0.0377. The highest BCUT2D eigenvalue weighted by atomic mass is 16.5. The van der Waals surface area contributed by atoms with Crippen LogP contribution in [0.1, 0.15) is 28.9 Å². The van der Waals surface area contributed by atoms with Gasteiger partial charge in [-0.15, -0.1) is 0 Å². The maximum atomic E-state index is 12.2. The molecule has 1 aliphatic heterocycles. The molecule has 0 spiro atoms. The van der Waals surface area contributed by atoms with E-state index in [1.54, 1.807) is 0 Å². The maximum absolute atomic E-state index is 12.2. The molecule has 0 saturated carbocycles. The fraction of sp³-hybridized carbons (Fsp3) is 0.450. The fourth-order valence-electron chi connectivity index (χ4n) is 3.02. The van der Waals surface area contributed by atoms with E-state index in [1.165, 1.54) is 11.1 Å². The molecule has 138 valence electrons. The van der Waals surface area contributed by atoms with Crippen molar-refractivity contribution in [2.45, 2.75) is 33.2 Å². The number of carbonyl (C=O) groups excluding carboxylic acids is 1. The number of anilines is 1. The average molecular weight is 354 g/mol. The van der Waals surface area contributed by atoms with Gasteiger partial charge in [-0.25, -0.2) is 9.97 Å². The molecule has 1 saturated heterocycles. The van der Waals surface area contributed by atoms with Crippen LogP contribution in [-0.4, -0.2) is 42.2 Å². The second-order valence-corrected chi connectivity index (χ2v) is 6.67. The summed E-state index contributed by atoms with van der Waals surface area (Å²) in [5.74, 6) is 0.757. The first-order valence-corrected chi connectivity index (χ1v) is 9.09. The van der Waals surface area contributed by atoms with Crippen LogP contribution in [0.4, 0.5) is 5.95 Å². The van der Waals surface area contributed by atoms with Gasteiger partial charge in [-0.05, 0) is 31.9 Å². The van der Waals surface area contributed by atoms with Crippen molar-refractivity contribution >= 4 is 11.9 Å². The number of hydrogen-bond donors (Lipinski definition) is 1. The van der Waals surface area contributed by atoms with Gasteiger partial charge in [-0.2, -0.15) is 0 Å². The van der Waals surface area contributed by atoms with Gasteiger partial charge in [0.25, 0.3) is 0 Å². The van der Waals surface area contributed by atoms with E-state index in [2.05, 4.69) is 45.3 Å². The van der Waals surface area contributed by atoms with Crippen LogP contribution < -0.4 is 10.2 Å². The molecule has 1 fully saturated rings. The minimum Gasteiger partial charge on any atom is -0.378 e. The van der Waals surface area contributed by atoms with E-state index in [0.29, 0.717) is 26.2 Å². The van der Waals surface area contributed by atoms with Gasteiger partial charge in [-0.3, -0.25) is 4.79 Å². The van der Waals surface area contributed by atoms with Crippen molar-refractivity contribution in [2.24, 2.45) is 0 Å². The first kappa shape index (κ1) is 18.3. The van der Waals surface area contributed by atoms with E-state index in [0.717, 1.165) is 36.8 Å². The Morgan fingerprint density at radius 1 is 1.19 bits per heavy atom. The molecule has 0 unspecified atom stereocenters. The average Bonchev–Trinajstić information content (AvgIpc) is 2.65. The molecule has 0 atom stereocenters. The van der Waals surface area contributed by atoms with E-state index in [-0.39, 0.29) is 5.91 Å². The summed E-state index contributed by atoms with van der Waals surface area (Å²) in [6.07, 6.45) is 1.22. The van der Waals surface area contributed by atoms with E-state index < -0.39 is 0 Å². The second kappa shape index (κ2) is 8.76. The Bertz CT molecular complexity index is 757. The van der Waals surface area contributed by atoms with Gasteiger partial charge in [0, 0.05) is 25.2 Å². The quantitative estimate of drug-likeness (QED) is 0.861. The number of morpholine rings is 1. The van der Waals surface area contributed by atoms with E-state index in [4.69, 9.17) is 4.74 Å². The van der Waals surface area contributed by atoms with Crippen LogP contribution in [0, 0.1) is 13.8 Å². The van der Waals surface area contributed by atoms with Crippen molar-refractivity contribution in [3.63, 3.8) is 0 Å². The van der Waals surface area contributed by atoms with Crippen molar-refractivity contribution in [1.29, 1.82) is 0 Å². The zero-order chi connectivity index (χ0) is 18.4. The molecule has 1 aliphatic rings. The Hall–Kier alpha value is -2.47. The van der Waals surface area contributed by atoms with Gasteiger partial charge in [0.15, 0.2) is 0 Å². The van der Waals surface area contributed by atoms with Gasteiger partial charge in [-0.1, -0.05) is 29.8 Å². The number of aromatic nitrogens is 2. The topological polar surface area (TPSA) is 67.4 Å². The highest BCUT2D eigenvalue weighted by Crippen LogP contribution is 2.12. The molecule has 1 N–H and O–H groups in total. The number of ether oxygens (including phenoxy) is 1. The zero-order valence-corrected chi connectivity index (χ0v) is 15.5. The van der Waals surface area contributed by atoms with Crippen molar-refractivity contribution < 1.29 is 9.53 Å². The number of benzene rings is 1. The molecule has 1 aromatic heterocycles.